The summed E-state index contributed by atoms with van der Waals surface area (Å²) < 4.78 is 2.09. The summed E-state index contributed by atoms with van der Waals surface area (Å²) in [7, 11) is 0. The van der Waals surface area contributed by atoms with Gasteiger partial charge in [0.25, 0.3) is 0 Å². The third kappa shape index (κ3) is 5.01. The minimum atomic E-state index is -0.0934. The number of carbonyl (C=O) groups excluding carboxylic acids is 1. The van der Waals surface area contributed by atoms with Crippen molar-refractivity contribution in [2.24, 2.45) is 0 Å². The molecule has 0 unspecified atom stereocenters. The molecule has 166 valence electrons. The average Bonchev–Trinajstić information content (AvgIpc) is 3.50. The van der Waals surface area contributed by atoms with E-state index in [1.807, 2.05) is 0 Å². The van der Waals surface area contributed by atoms with Crippen LogP contribution in [0.2, 0.25) is 0 Å². The summed E-state index contributed by atoms with van der Waals surface area (Å²) in [6.07, 6.45) is 7.15. The number of thiophene rings is 1. The van der Waals surface area contributed by atoms with E-state index in [9.17, 15) is 4.79 Å². The van der Waals surface area contributed by atoms with Gasteiger partial charge in [-0.3, -0.25) is 10.1 Å². The Morgan fingerprint density at radius 1 is 1.19 bits per heavy atom. The second kappa shape index (κ2) is 10.2. The van der Waals surface area contributed by atoms with Gasteiger partial charge in [-0.15, -0.1) is 31.7 Å². The summed E-state index contributed by atoms with van der Waals surface area (Å²) in [6, 6.07) is 0. The van der Waals surface area contributed by atoms with E-state index in [0.717, 1.165) is 34.5 Å². The average molecular weight is 477 g/mol. The standard InChI is InChI=1S/C21H28N6OS3/c1-4-15-13(3)29-11-16(15)18-23-26-21(27(18)5-2)30-12-17(28)22-20-25-24-19(31-20)14-9-7-6-8-10-14/h11,14H,4-10,12H2,1-3H3,(H,22,25,28). The number of thioether (sulfide) groups is 1. The minimum Gasteiger partial charge on any atom is -0.302 e. The van der Waals surface area contributed by atoms with Crippen LogP contribution in [0.15, 0.2) is 10.5 Å². The molecule has 10 heteroatoms. The number of rotatable bonds is 8. The highest BCUT2D eigenvalue weighted by Gasteiger charge is 2.21. The lowest BCUT2D eigenvalue weighted by atomic mass is 9.90. The Bertz CT molecular complexity index is 1030. The van der Waals surface area contributed by atoms with Gasteiger partial charge in [0, 0.05) is 28.3 Å². The zero-order valence-electron chi connectivity index (χ0n) is 18.2. The molecule has 3 aromatic rings. The number of aryl methyl sites for hydroxylation is 1. The molecule has 0 bridgehead atoms. The van der Waals surface area contributed by atoms with Crippen LogP contribution in [0.5, 0.6) is 0 Å². The first-order valence-corrected chi connectivity index (χ1v) is 13.5. The molecule has 31 heavy (non-hydrogen) atoms. The number of hydrogen-bond donors (Lipinski definition) is 1. The fourth-order valence-electron chi connectivity index (χ4n) is 4.07. The van der Waals surface area contributed by atoms with Crippen LogP contribution in [0.1, 0.15) is 67.3 Å². The summed E-state index contributed by atoms with van der Waals surface area (Å²) in [5, 5.41) is 24.8. The Hall–Kier alpha value is -1.78. The van der Waals surface area contributed by atoms with Gasteiger partial charge in [0.2, 0.25) is 11.0 Å². The molecule has 0 aromatic carbocycles. The fraction of sp³-hybridized carbons (Fsp3) is 0.571. The summed E-state index contributed by atoms with van der Waals surface area (Å²) in [4.78, 5) is 13.8. The van der Waals surface area contributed by atoms with Crippen LogP contribution in [0.3, 0.4) is 0 Å². The molecule has 0 radical (unpaired) electrons. The van der Waals surface area contributed by atoms with Crippen LogP contribution in [0.25, 0.3) is 11.4 Å². The van der Waals surface area contributed by atoms with Gasteiger partial charge in [-0.1, -0.05) is 49.3 Å². The molecular formula is C21H28N6OS3. The van der Waals surface area contributed by atoms with Crippen molar-refractivity contribution in [3.05, 3.63) is 20.8 Å². The van der Waals surface area contributed by atoms with E-state index in [1.54, 1.807) is 11.3 Å². The lowest BCUT2D eigenvalue weighted by Gasteiger charge is -2.18. The Kier molecular flexibility index (Phi) is 7.39. The molecular weight excluding hydrogens is 448 g/mol. The number of hydrogen-bond acceptors (Lipinski definition) is 8. The third-order valence-corrected chi connectivity index (χ3v) is 8.63. The van der Waals surface area contributed by atoms with Gasteiger partial charge in [0.05, 0.1) is 5.75 Å². The van der Waals surface area contributed by atoms with Crippen molar-refractivity contribution in [1.29, 1.82) is 0 Å². The van der Waals surface area contributed by atoms with Gasteiger partial charge in [0.15, 0.2) is 11.0 Å². The van der Waals surface area contributed by atoms with E-state index in [-0.39, 0.29) is 11.7 Å². The highest BCUT2D eigenvalue weighted by molar-refractivity contribution is 7.99. The first kappa shape index (κ1) is 22.4. The number of aromatic nitrogens is 5. The Labute approximate surface area is 195 Å². The van der Waals surface area contributed by atoms with E-state index in [1.165, 1.54) is 65.6 Å². The Morgan fingerprint density at radius 2 is 2.00 bits per heavy atom. The summed E-state index contributed by atoms with van der Waals surface area (Å²) >= 11 is 4.66. The third-order valence-electron chi connectivity index (χ3n) is 5.70. The predicted molar refractivity (Wildman–Crippen MR) is 128 cm³/mol. The smallest absolute Gasteiger partial charge is 0.236 e. The SMILES string of the molecule is CCc1c(-c2nnc(SCC(=O)Nc3nnc(C4CCCCC4)s3)n2CC)csc1C. The number of carbonyl (C=O) groups is 1. The molecule has 1 amide bonds. The normalized spacial score (nSPS) is 14.8. The van der Waals surface area contributed by atoms with E-state index < -0.39 is 0 Å². The second-order valence-corrected chi connectivity index (χ2v) is 10.7. The quantitative estimate of drug-likeness (QED) is 0.430. The van der Waals surface area contributed by atoms with Crippen LogP contribution in [-0.2, 0) is 17.8 Å². The Morgan fingerprint density at radius 3 is 2.74 bits per heavy atom. The molecule has 0 spiro atoms. The van der Waals surface area contributed by atoms with Crippen molar-refractivity contribution in [2.45, 2.75) is 76.9 Å². The fourth-order valence-corrected chi connectivity index (χ4v) is 6.74. The molecule has 1 fully saturated rings. The molecule has 1 aliphatic rings. The maximum Gasteiger partial charge on any atom is 0.236 e. The van der Waals surface area contributed by atoms with E-state index in [2.05, 4.69) is 56.4 Å². The van der Waals surface area contributed by atoms with Crippen molar-refractivity contribution in [2.75, 3.05) is 11.1 Å². The molecule has 0 aliphatic heterocycles. The number of nitrogens with zero attached hydrogens (tertiary/aromatic N) is 5. The van der Waals surface area contributed by atoms with Gasteiger partial charge >= 0.3 is 0 Å². The zero-order valence-corrected chi connectivity index (χ0v) is 20.6. The molecule has 4 rings (SSSR count). The maximum absolute atomic E-state index is 12.5. The zero-order chi connectivity index (χ0) is 21.8. The molecule has 0 atom stereocenters. The lowest BCUT2D eigenvalue weighted by Crippen LogP contribution is -2.14. The summed E-state index contributed by atoms with van der Waals surface area (Å²) in [5.74, 6) is 1.55. The summed E-state index contributed by atoms with van der Waals surface area (Å²) in [6.45, 7) is 7.15. The molecule has 1 aliphatic carbocycles. The van der Waals surface area contributed by atoms with Crippen molar-refractivity contribution in [3.63, 3.8) is 0 Å². The van der Waals surface area contributed by atoms with Gasteiger partial charge in [-0.25, -0.2) is 0 Å². The van der Waals surface area contributed by atoms with E-state index >= 15 is 0 Å². The maximum atomic E-state index is 12.5. The van der Waals surface area contributed by atoms with Crippen molar-refractivity contribution in [3.8, 4) is 11.4 Å². The van der Waals surface area contributed by atoms with Crippen LogP contribution >= 0.6 is 34.4 Å². The molecule has 1 N–H and O–H groups in total. The van der Waals surface area contributed by atoms with Crippen molar-refractivity contribution in [1.82, 2.24) is 25.0 Å². The van der Waals surface area contributed by atoms with Gasteiger partial charge in [-0.05, 0) is 38.7 Å². The highest BCUT2D eigenvalue weighted by Crippen LogP contribution is 2.35. The molecule has 3 aromatic heterocycles. The van der Waals surface area contributed by atoms with Crippen LogP contribution in [-0.4, -0.2) is 36.6 Å². The highest BCUT2D eigenvalue weighted by atomic mass is 32.2. The molecule has 3 heterocycles. The van der Waals surface area contributed by atoms with Crippen LogP contribution in [0, 0.1) is 6.92 Å². The molecule has 1 saturated carbocycles. The minimum absolute atomic E-state index is 0.0934. The van der Waals surface area contributed by atoms with Gasteiger partial charge in [-0.2, -0.15) is 0 Å². The van der Waals surface area contributed by atoms with Crippen molar-refractivity contribution < 1.29 is 4.79 Å². The van der Waals surface area contributed by atoms with Crippen molar-refractivity contribution >= 4 is 45.5 Å². The second-order valence-electron chi connectivity index (χ2n) is 7.71. The lowest BCUT2D eigenvalue weighted by molar-refractivity contribution is -0.113. The summed E-state index contributed by atoms with van der Waals surface area (Å²) in [5.41, 5.74) is 2.48. The monoisotopic (exact) mass is 476 g/mol. The largest absolute Gasteiger partial charge is 0.302 e. The first-order valence-electron chi connectivity index (χ1n) is 10.9. The number of amides is 1. The first-order chi connectivity index (χ1) is 15.1. The topological polar surface area (TPSA) is 85.6 Å². The molecule has 0 saturated heterocycles. The predicted octanol–water partition coefficient (Wildman–Crippen LogP) is 5.53. The Balaban J connectivity index is 1.38. The van der Waals surface area contributed by atoms with E-state index in [0.29, 0.717) is 11.0 Å². The van der Waals surface area contributed by atoms with Gasteiger partial charge in [0.1, 0.15) is 5.01 Å². The number of anilines is 1. The van der Waals surface area contributed by atoms with Gasteiger partial charge < -0.3 is 4.57 Å². The van der Waals surface area contributed by atoms with Crippen LogP contribution < -0.4 is 5.32 Å². The molecule has 7 nitrogen and oxygen atoms in total. The van der Waals surface area contributed by atoms with E-state index in [4.69, 9.17) is 0 Å². The van der Waals surface area contributed by atoms with Crippen LogP contribution in [0.4, 0.5) is 5.13 Å². The number of nitrogens with one attached hydrogen (secondary N) is 1.